The van der Waals surface area contributed by atoms with E-state index in [9.17, 15) is 34.8 Å². The van der Waals surface area contributed by atoms with Crippen molar-refractivity contribution < 1.29 is 53.8 Å². The number of aliphatic carboxylic acids is 1. The molecule has 1 aliphatic heterocycles. The quantitative estimate of drug-likeness (QED) is 0.0272. The lowest BCUT2D eigenvalue weighted by atomic mass is 9.99. The Hall–Kier alpha value is -3.87. The molecule has 338 valence electrons. The summed E-state index contributed by atoms with van der Waals surface area (Å²) in [5.74, 6) is -2.63. The van der Waals surface area contributed by atoms with Gasteiger partial charge < -0.3 is 39.4 Å². The molecule has 1 heterocycles. The van der Waals surface area contributed by atoms with E-state index in [-0.39, 0.29) is 19.4 Å². The van der Waals surface area contributed by atoms with Gasteiger partial charge in [-0.3, -0.25) is 9.59 Å². The van der Waals surface area contributed by atoms with Gasteiger partial charge in [0.05, 0.1) is 13.0 Å². The molecular weight excluding hydrogens is 765 g/mol. The Balaban J connectivity index is 2.45. The van der Waals surface area contributed by atoms with Gasteiger partial charge in [-0.05, 0) is 77.0 Å². The maximum Gasteiger partial charge on any atom is 0.335 e. The lowest BCUT2D eigenvalue weighted by molar-refractivity contribution is -0.298. The van der Waals surface area contributed by atoms with Crippen LogP contribution in [0.4, 0.5) is 0 Å². The second-order valence-electron chi connectivity index (χ2n) is 14.8. The van der Waals surface area contributed by atoms with Gasteiger partial charge in [-0.15, -0.1) is 0 Å². The molecule has 1 aliphatic rings. The topological polar surface area (TPSA) is 169 Å². The molecule has 6 atom stereocenters. The number of esters is 2. The number of rotatable bonds is 35. The molecule has 0 aliphatic carbocycles. The lowest BCUT2D eigenvalue weighted by Gasteiger charge is -2.38. The van der Waals surface area contributed by atoms with Gasteiger partial charge in [0.1, 0.15) is 24.9 Å². The second-order valence-corrected chi connectivity index (χ2v) is 14.8. The predicted molar refractivity (Wildman–Crippen MR) is 238 cm³/mol. The molecule has 1 rings (SSSR count). The van der Waals surface area contributed by atoms with Gasteiger partial charge in [0.25, 0.3) is 0 Å². The van der Waals surface area contributed by atoms with Crippen LogP contribution in [-0.2, 0) is 33.3 Å². The number of hydrogen-bond donors (Lipinski definition) is 4. The van der Waals surface area contributed by atoms with Crippen LogP contribution in [0.25, 0.3) is 0 Å². The van der Waals surface area contributed by atoms with Crippen LogP contribution in [0.2, 0.25) is 0 Å². The first kappa shape index (κ1) is 54.1. The Morgan fingerprint density at radius 1 is 0.550 bits per heavy atom. The van der Waals surface area contributed by atoms with Gasteiger partial charge in [-0.2, -0.15) is 0 Å². The third kappa shape index (κ3) is 29.4. The molecule has 60 heavy (non-hydrogen) atoms. The number of aliphatic hydroxyl groups excluding tert-OH is 3. The van der Waals surface area contributed by atoms with Gasteiger partial charge >= 0.3 is 17.9 Å². The molecule has 0 aromatic carbocycles. The molecule has 0 spiro atoms. The number of carbonyl (C=O) groups is 3. The van der Waals surface area contributed by atoms with Crippen molar-refractivity contribution >= 4 is 17.9 Å². The number of carbonyl (C=O) groups excluding carboxylic acids is 2. The van der Waals surface area contributed by atoms with Crippen LogP contribution < -0.4 is 0 Å². The Morgan fingerprint density at radius 2 is 1.03 bits per heavy atom. The molecule has 0 aromatic heterocycles. The van der Waals surface area contributed by atoms with E-state index < -0.39 is 61.3 Å². The van der Waals surface area contributed by atoms with Crippen LogP contribution >= 0.6 is 0 Å². The molecule has 1 saturated heterocycles. The fourth-order valence-corrected chi connectivity index (χ4v) is 5.96. The van der Waals surface area contributed by atoms with Gasteiger partial charge in [0.2, 0.25) is 0 Å². The molecule has 4 N–H and O–H groups in total. The monoisotopic (exact) mass is 841 g/mol. The van der Waals surface area contributed by atoms with Crippen molar-refractivity contribution in [3.05, 3.63) is 97.2 Å². The third-order valence-corrected chi connectivity index (χ3v) is 9.45. The summed E-state index contributed by atoms with van der Waals surface area (Å²) in [7, 11) is 0. The van der Waals surface area contributed by atoms with E-state index in [1.165, 1.54) is 25.7 Å². The summed E-state index contributed by atoms with van der Waals surface area (Å²) >= 11 is 0. The van der Waals surface area contributed by atoms with E-state index in [1.54, 1.807) is 6.08 Å². The number of allylic oxidation sites excluding steroid dienone is 15. The van der Waals surface area contributed by atoms with Crippen LogP contribution in [-0.4, -0.2) is 88.4 Å². The predicted octanol–water partition coefficient (Wildman–Crippen LogP) is 9.64. The molecule has 11 nitrogen and oxygen atoms in total. The third-order valence-electron chi connectivity index (χ3n) is 9.45. The number of hydrogen-bond acceptors (Lipinski definition) is 10. The first-order chi connectivity index (χ1) is 29.2. The largest absolute Gasteiger partial charge is 0.479 e. The van der Waals surface area contributed by atoms with Crippen LogP contribution in [0.3, 0.4) is 0 Å². The van der Waals surface area contributed by atoms with Gasteiger partial charge in [-0.25, -0.2) is 4.79 Å². The Labute approximate surface area is 360 Å². The van der Waals surface area contributed by atoms with E-state index >= 15 is 0 Å². The van der Waals surface area contributed by atoms with Crippen LogP contribution in [0.1, 0.15) is 142 Å². The number of aliphatic hydroxyl groups is 3. The van der Waals surface area contributed by atoms with Crippen molar-refractivity contribution in [2.45, 2.75) is 179 Å². The van der Waals surface area contributed by atoms with Crippen LogP contribution in [0.5, 0.6) is 0 Å². The standard InChI is InChI=1S/C49H76O11/c1-3-5-7-9-11-13-15-17-19-20-21-22-24-26-28-30-32-34-36-38-43(51)59-41(40-58-49-46(54)44(52)45(53)47(60-49)48(55)56)39-57-42(50)37-35-33-31-29-27-25-23-18-16-14-12-10-8-6-4-2/h6,8,11-14,17-19,21-23,27,29,33,35,41,44-47,49,52-54H,3-5,7,9-10,15-16,20,24-26,28,30-32,34,36-40H2,1-2H3,(H,55,56)/b8-6-,13-11-,14-12-,19-17-,22-21-,23-18-,29-27-,35-33-. The van der Waals surface area contributed by atoms with Gasteiger partial charge in [-0.1, -0.05) is 150 Å². The SMILES string of the molecule is CC/C=C\C/C=C\C/C=C\C/C=C\C/C=C\CC(=O)OCC(COC1OC(C(=O)O)C(O)C(O)C1O)OC(=O)CCCCCCCC/C=C\C/C=C\C/C=C\CCCCC. The minimum Gasteiger partial charge on any atom is -0.479 e. The normalized spacial score (nSPS) is 20.7. The van der Waals surface area contributed by atoms with E-state index in [1.807, 2.05) is 18.2 Å². The summed E-state index contributed by atoms with van der Waals surface area (Å²) in [5, 5.41) is 39.8. The summed E-state index contributed by atoms with van der Waals surface area (Å²) in [5.41, 5.74) is 0. The van der Waals surface area contributed by atoms with Gasteiger partial charge in [0, 0.05) is 6.42 Å². The minimum atomic E-state index is -1.88. The first-order valence-corrected chi connectivity index (χ1v) is 22.3. The molecule has 0 radical (unpaired) electrons. The zero-order valence-corrected chi connectivity index (χ0v) is 36.4. The van der Waals surface area contributed by atoms with E-state index in [0.717, 1.165) is 77.0 Å². The van der Waals surface area contributed by atoms with Crippen LogP contribution in [0, 0.1) is 0 Å². The number of unbranched alkanes of at least 4 members (excludes halogenated alkanes) is 9. The van der Waals surface area contributed by atoms with Crippen molar-refractivity contribution in [3.8, 4) is 0 Å². The summed E-state index contributed by atoms with van der Waals surface area (Å²) in [6.45, 7) is 3.55. The molecule has 11 heteroatoms. The van der Waals surface area contributed by atoms with E-state index in [0.29, 0.717) is 12.8 Å². The number of carboxylic acids is 1. The zero-order valence-electron chi connectivity index (χ0n) is 36.4. The molecule has 0 aromatic rings. The Kier molecular flexibility index (Phi) is 34.4. The maximum atomic E-state index is 12.8. The average Bonchev–Trinajstić information content (AvgIpc) is 3.23. The number of carboxylic acid groups (broad SMARTS) is 1. The summed E-state index contributed by atoms with van der Waals surface area (Å²) in [6, 6.07) is 0. The fraction of sp³-hybridized carbons (Fsp3) is 0.612. The van der Waals surface area contributed by atoms with Crippen molar-refractivity contribution in [2.75, 3.05) is 13.2 Å². The van der Waals surface area contributed by atoms with E-state index in [2.05, 4.69) is 86.8 Å². The van der Waals surface area contributed by atoms with Crippen molar-refractivity contribution in [1.82, 2.24) is 0 Å². The lowest BCUT2D eigenvalue weighted by Crippen LogP contribution is -2.60. The smallest absolute Gasteiger partial charge is 0.335 e. The Morgan fingerprint density at radius 3 is 1.57 bits per heavy atom. The Bertz CT molecular complexity index is 1360. The highest BCUT2D eigenvalue weighted by atomic mass is 16.7. The summed E-state index contributed by atoms with van der Waals surface area (Å²) in [6.07, 6.45) is 41.9. The van der Waals surface area contributed by atoms with Crippen molar-refractivity contribution in [1.29, 1.82) is 0 Å². The highest BCUT2D eigenvalue weighted by Crippen LogP contribution is 2.23. The molecule has 0 amide bonds. The fourth-order valence-electron chi connectivity index (χ4n) is 5.96. The van der Waals surface area contributed by atoms with Crippen LogP contribution in [0.15, 0.2) is 97.2 Å². The highest BCUT2D eigenvalue weighted by Gasteiger charge is 2.47. The average molecular weight is 841 g/mol. The molecule has 6 unspecified atom stereocenters. The maximum absolute atomic E-state index is 12.8. The molecule has 0 saturated carbocycles. The van der Waals surface area contributed by atoms with E-state index in [4.69, 9.17) is 18.9 Å². The second kappa shape index (κ2) is 38.1. The zero-order chi connectivity index (χ0) is 43.9. The molecule has 0 bridgehead atoms. The van der Waals surface area contributed by atoms with Crippen molar-refractivity contribution in [3.63, 3.8) is 0 Å². The van der Waals surface area contributed by atoms with Crippen molar-refractivity contribution in [2.24, 2.45) is 0 Å². The first-order valence-electron chi connectivity index (χ1n) is 22.3. The summed E-state index contributed by atoms with van der Waals surface area (Å²) in [4.78, 5) is 36.8. The highest BCUT2D eigenvalue weighted by molar-refractivity contribution is 5.73. The summed E-state index contributed by atoms with van der Waals surface area (Å²) < 4.78 is 21.6. The number of ether oxygens (including phenoxy) is 4. The molecule has 1 fully saturated rings. The van der Waals surface area contributed by atoms with Gasteiger partial charge in [0.15, 0.2) is 18.5 Å². The molecular formula is C49H76O11. The minimum absolute atomic E-state index is 0.00510.